The van der Waals surface area contributed by atoms with Gasteiger partial charge in [0.2, 0.25) is 0 Å². The van der Waals surface area contributed by atoms with Crippen molar-refractivity contribution in [2.45, 2.75) is 5.54 Å². The maximum Gasteiger partial charge on any atom is 0.105 e. The molecule has 0 aliphatic carbocycles. The van der Waals surface area contributed by atoms with Gasteiger partial charge in [-0.05, 0) is 19.7 Å². The van der Waals surface area contributed by atoms with Crippen LogP contribution in [0.1, 0.15) is 11.1 Å². The van der Waals surface area contributed by atoms with Crippen molar-refractivity contribution >= 4 is 9.68 Å². The standard InChI is InChI=1S/C11H17NSi/c1-4-11(13-12(2)3)10-8-6-5-7-9-10/h4-9,11H,1,13H2,2-3H3. The summed E-state index contributed by atoms with van der Waals surface area (Å²) in [6, 6.07) is 10.6. The summed E-state index contributed by atoms with van der Waals surface area (Å²) >= 11 is 0. The normalized spacial score (nSPS) is 13.8. The maximum atomic E-state index is 3.90. The Morgan fingerprint density at radius 2 is 1.92 bits per heavy atom. The zero-order chi connectivity index (χ0) is 9.68. The van der Waals surface area contributed by atoms with Crippen LogP contribution < -0.4 is 0 Å². The fourth-order valence-electron chi connectivity index (χ4n) is 1.41. The lowest BCUT2D eigenvalue weighted by Crippen LogP contribution is -2.23. The molecule has 1 unspecified atom stereocenters. The molecule has 0 bridgehead atoms. The Morgan fingerprint density at radius 3 is 2.38 bits per heavy atom. The SMILES string of the molecule is C=CC([SiH2]N(C)C)c1ccccc1. The van der Waals surface area contributed by atoms with Gasteiger partial charge in [0, 0.05) is 5.54 Å². The average molecular weight is 191 g/mol. The van der Waals surface area contributed by atoms with Gasteiger partial charge in [0.25, 0.3) is 0 Å². The molecular formula is C11H17NSi. The summed E-state index contributed by atoms with van der Waals surface area (Å²) in [5, 5.41) is 0. The van der Waals surface area contributed by atoms with Crippen LogP contribution in [0.15, 0.2) is 43.0 Å². The Morgan fingerprint density at radius 1 is 1.31 bits per heavy atom. The quantitative estimate of drug-likeness (QED) is 0.516. The van der Waals surface area contributed by atoms with Crippen LogP contribution >= 0.6 is 0 Å². The van der Waals surface area contributed by atoms with E-state index < -0.39 is 0 Å². The van der Waals surface area contributed by atoms with Crippen molar-refractivity contribution in [1.82, 2.24) is 4.57 Å². The Kier molecular flexibility index (Phi) is 3.93. The molecule has 0 N–H and O–H groups in total. The van der Waals surface area contributed by atoms with Crippen molar-refractivity contribution in [3.05, 3.63) is 48.6 Å². The van der Waals surface area contributed by atoms with Crippen molar-refractivity contribution in [2.75, 3.05) is 14.1 Å². The van der Waals surface area contributed by atoms with E-state index in [1.807, 2.05) is 0 Å². The first-order valence-corrected chi connectivity index (χ1v) is 6.01. The molecule has 0 saturated carbocycles. The van der Waals surface area contributed by atoms with Gasteiger partial charge in [0.1, 0.15) is 9.68 Å². The lowest BCUT2D eigenvalue weighted by Gasteiger charge is -2.16. The van der Waals surface area contributed by atoms with Crippen LogP contribution in [0.4, 0.5) is 0 Å². The third-order valence-corrected chi connectivity index (χ3v) is 4.00. The molecule has 2 heteroatoms. The van der Waals surface area contributed by atoms with Crippen LogP contribution in [0.5, 0.6) is 0 Å². The summed E-state index contributed by atoms with van der Waals surface area (Å²) < 4.78 is 2.32. The second-order valence-corrected chi connectivity index (χ2v) is 6.02. The molecule has 0 heterocycles. The Bertz CT molecular complexity index is 256. The van der Waals surface area contributed by atoms with Gasteiger partial charge in [-0.3, -0.25) is 0 Å². The molecule has 1 aromatic carbocycles. The zero-order valence-electron chi connectivity index (χ0n) is 8.40. The highest BCUT2D eigenvalue weighted by Crippen LogP contribution is 2.14. The van der Waals surface area contributed by atoms with E-state index in [2.05, 4.69) is 61.6 Å². The van der Waals surface area contributed by atoms with E-state index in [9.17, 15) is 0 Å². The molecule has 0 spiro atoms. The van der Waals surface area contributed by atoms with Crippen molar-refractivity contribution in [3.63, 3.8) is 0 Å². The van der Waals surface area contributed by atoms with Gasteiger partial charge in [-0.15, -0.1) is 6.58 Å². The van der Waals surface area contributed by atoms with Crippen LogP contribution in [0.3, 0.4) is 0 Å². The van der Waals surface area contributed by atoms with Gasteiger partial charge in [-0.1, -0.05) is 36.4 Å². The first kappa shape index (κ1) is 10.2. The Hall–Kier alpha value is -0.863. The van der Waals surface area contributed by atoms with E-state index in [0.717, 1.165) is 0 Å². The average Bonchev–Trinajstić information content (AvgIpc) is 2.15. The molecule has 70 valence electrons. The van der Waals surface area contributed by atoms with Crippen LogP contribution in [-0.2, 0) is 0 Å². The van der Waals surface area contributed by atoms with E-state index in [1.54, 1.807) is 0 Å². The second-order valence-electron chi connectivity index (χ2n) is 3.52. The largest absolute Gasteiger partial charge is 0.334 e. The molecule has 0 fully saturated rings. The van der Waals surface area contributed by atoms with Gasteiger partial charge in [0.05, 0.1) is 0 Å². The summed E-state index contributed by atoms with van der Waals surface area (Å²) in [5.41, 5.74) is 1.98. The molecule has 0 aliphatic heterocycles. The highest BCUT2D eigenvalue weighted by Gasteiger charge is 2.07. The van der Waals surface area contributed by atoms with Crippen LogP contribution in [0.25, 0.3) is 0 Å². The van der Waals surface area contributed by atoms with E-state index in [1.165, 1.54) is 5.56 Å². The van der Waals surface area contributed by atoms with Crippen LogP contribution in [0.2, 0.25) is 0 Å². The number of allylic oxidation sites excluding steroid dienone is 1. The number of hydrogen-bond donors (Lipinski definition) is 0. The van der Waals surface area contributed by atoms with E-state index in [-0.39, 0.29) is 9.68 Å². The van der Waals surface area contributed by atoms with Gasteiger partial charge in [-0.25, -0.2) is 0 Å². The minimum Gasteiger partial charge on any atom is -0.334 e. The molecule has 1 aromatic rings. The lowest BCUT2D eigenvalue weighted by atomic mass is 10.1. The molecule has 1 atom stereocenters. The molecule has 0 aromatic heterocycles. The maximum absolute atomic E-state index is 3.90. The molecular weight excluding hydrogens is 174 g/mol. The molecule has 1 nitrogen and oxygen atoms in total. The summed E-state index contributed by atoms with van der Waals surface area (Å²) in [6.45, 7) is 3.90. The van der Waals surface area contributed by atoms with Crippen molar-refractivity contribution < 1.29 is 0 Å². The second kappa shape index (κ2) is 4.99. The number of benzene rings is 1. The Labute approximate surface area is 83.0 Å². The number of rotatable bonds is 4. The third-order valence-electron chi connectivity index (χ3n) is 2.07. The summed E-state index contributed by atoms with van der Waals surface area (Å²) in [7, 11) is 4.07. The first-order valence-electron chi connectivity index (χ1n) is 4.56. The topological polar surface area (TPSA) is 3.24 Å². The molecule has 0 saturated heterocycles. The number of nitrogens with zero attached hydrogens (tertiary/aromatic N) is 1. The molecule has 0 aliphatic rings. The smallest absolute Gasteiger partial charge is 0.105 e. The third kappa shape index (κ3) is 3.17. The highest BCUT2D eigenvalue weighted by molar-refractivity contribution is 6.35. The van der Waals surface area contributed by atoms with Gasteiger partial charge >= 0.3 is 0 Å². The lowest BCUT2D eigenvalue weighted by molar-refractivity contribution is 0.651. The predicted octanol–water partition coefficient (Wildman–Crippen LogP) is 1.56. The first-order chi connectivity index (χ1) is 6.24. The minimum atomic E-state index is -0.223. The Balaban J connectivity index is 2.73. The molecule has 0 amide bonds. The molecule has 0 radical (unpaired) electrons. The fourth-order valence-corrected chi connectivity index (χ4v) is 2.83. The molecule has 1 rings (SSSR count). The van der Waals surface area contributed by atoms with Crippen molar-refractivity contribution in [2.24, 2.45) is 0 Å². The zero-order valence-corrected chi connectivity index (χ0v) is 9.82. The van der Waals surface area contributed by atoms with Crippen LogP contribution in [0, 0.1) is 0 Å². The summed E-state index contributed by atoms with van der Waals surface area (Å²) in [6.07, 6.45) is 2.07. The van der Waals surface area contributed by atoms with E-state index >= 15 is 0 Å². The van der Waals surface area contributed by atoms with E-state index in [0.29, 0.717) is 5.54 Å². The molecule has 13 heavy (non-hydrogen) atoms. The van der Waals surface area contributed by atoms with Gasteiger partial charge < -0.3 is 4.57 Å². The minimum absolute atomic E-state index is 0.223. The number of hydrogen-bond acceptors (Lipinski definition) is 1. The summed E-state index contributed by atoms with van der Waals surface area (Å²) in [5.74, 6) is 0. The van der Waals surface area contributed by atoms with Crippen molar-refractivity contribution in [1.29, 1.82) is 0 Å². The monoisotopic (exact) mass is 191 g/mol. The predicted molar refractivity (Wildman–Crippen MR) is 61.6 cm³/mol. The summed E-state index contributed by atoms with van der Waals surface area (Å²) in [4.78, 5) is 0. The van der Waals surface area contributed by atoms with Gasteiger partial charge in [0.15, 0.2) is 0 Å². The highest BCUT2D eigenvalue weighted by atomic mass is 28.2. The van der Waals surface area contributed by atoms with Gasteiger partial charge in [-0.2, -0.15) is 0 Å². The van der Waals surface area contributed by atoms with E-state index in [4.69, 9.17) is 0 Å². The van der Waals surface area contributed by atoms with Crippen molar-refractivity contribution in [3.8, 4) is 0 Å². The van der Waals surface area contributed by atoms with Crippen LogP contribution in [-0.4, -0.2) is 28.3 Å². The fraction of sp³-hybridized carbons (Fsp3) is 0.273.